The van der Waals surface area contributed by atoms with Crippen LogP contribution in [0.2, 0.25) is 0 Å². The Morgan fingerprint density at radius 1 is 1.18 bits per heavy atom. The molecule has 17 heavy (non-hydrogen) atoms. The fourth-order valence-electron chi connectivity index (χ4n) is 4.35. The predicted molar refractivity (Wildman–Crippen MR) is 72.1 cm³/mol. The molecule has 0 radical (unpaired) electrons. The van der Waals surface area contributed by atoms with E-state index in [0.717, 1.165) is 23.4 Å². The molecule has 0 unspecified atom stereocenters. The lowest BCUT2D eigenvalue weighted by Gasteiger charge is -2.62. The lowest BCUT2D eigenvalue weighted by molar-refractivity contribution is -0.119. The summed E-state index contributed by atoms with van der Waals surface area (Å²) in [6.07, 6.45) is 7.17. The van der Waals surface area contributed by atoms with E-state index < -0.39 is 0 Å². The standard InChI is InChI=1S/C15H28N2/c1-4-5-17-10-15(11-17)8-14(9-15)16(3)13-6-12(2)7-13/h12-14H,4-11H2,1-3H3/t12-,13-. The van der Waals surface area contributed by atoms with Crippen molar-refractivity contribution in [3.8, 4) is 0 Å². The molecule has 0 amide bonds. The summed E-state index contributed by atoms with van der Waals surface area (Å²) < 4.78 is 0. The van der Waals surface area contributed by atoms with Gasteiger partial charge in [-0.05, 0) is 57.0 Å². The molecule has 2 nitrogen and oxygen atoms in total. The van der Waals surface area contributed by atoms with Gasteiger partial charge in [-0.25, -0.2) is 0 Å². The maximum atomic E-state index is 2.70. The van der Waals surface area contributed by atoms with Gasteiger partial charge in [0.25, 0.3) is 0 Å². The van der Waals surface area contributed by atoms with Gasteiger partial charge in [0.05, 0.1) is 0 Å². The maximum absolute atomic E-state index is 2.70. The summed E-state index contributed by atoms with van der Waals surface area (Å²) in [5.41, 5.74) is 0.753. The van der Waals surface area contributed by atoms with E-state index in [-0.39, 0.29) is 0 Å². The first-order chi connectivity index (χ1) is 8.12. The third kappa shape index (κ3) is 2.04. The van der Waals surface area contributed by atoms with Crippen LogP contribution in [0.3, 0.4) is 0 Å². The van der Waals surface area contributed by atoms with Crippen LogP contribution in [0.4, 0.5) is 0 Å². The third-order valence-electron chi connectivity index (χ3n) is 5.50. The maximum Gasteiger partial charge on any atom is 0.0108 e. The summed E-state index contributed by atoms with van der Waals surface area (Å²) in [5.74, 6) is 0.986. The first kappa shape index (κ1) is 12.0. The van der Waals surface area contributed by atoms with Crippen LogP contribution in [0.5, 0.6) is 0 Å². The van der Waals surface area contributed by atoms with Crippen molar-refractivity contribution >= 4 is 0 Å². The van der Waals surface area contributed by atoms with Crippen LogP contribution in [-0.2, 0) is 0 Å². The molecule has 0 N–H and O–H groups in total. The van der Waals surface area contributed by atoms with Gasteiger partial charge in [-0.15, -0.1) is 0 Å². The Kier molecular flexibility index (Phi) is 2.99. The molecular formula is C15H28N2. The van der Waals surface area contributed by atoms with Crippen LogP contribution in [-0.4, -0.2) is 48.6 Å². The van der Waals surface area contributed by atoms with E-state index in [4.69, 9.17) is 0 Å². The Labute approximate surface area is 106 Å². The van der Waals surface area contributed by atoms with Crippen molar-refractivity contribution in [3.05, 3.63) is 0 Å². The molecule has 2 saturated carbocycles. The molecule has 1 aliphatic heterocycles. The Balaban J connectivity index is 1.40. The number of nitrogens with zero attached hydrogens (tertiary/aromatic N) is 2. The molecule has 0 bridgehead atoms. The topological polar surface area (TPSA) is 6.48 Å². The highest BCUT2D eigenvalue weighted by Crippen LogP contribution is 2.51. The minimum absolute atomic E-state index is 0.753. The van der Waals surface area contributed by atoms with Crippen LogP contribution in [0.1, 0.15) is 46.0 Å². The van der Waals surface area contributed by atoms with Gasteiger partial charge in [0, 0.05) is 25.2 Å². The highest BCUT2D eigenvalue weighted by Gasteiger charge is 2.53. The Bertz CT molecular complexity index is 269. The van der Waals surface area contributed by atoms with Gasteiger partial charge in [0.1, 0.15) is 0 Å². The van der Waals surface area contributed by atoms with E-state index in [9.17, 15) is 0 Å². The van der Waals surface area contributed by atoms with Crippen molar-refractivity contribution in [1.29, 1.82) is 0 Å². The molecule has 1 saturated heterocycles. The highest BCUT2D eigenvalue weighted by atomic mass is 15.2. The van der Waals surface area contributed by atoms with Gasteiger partial charge < -0.3 is 9.80 Å². The van der Waals surface area contributed by atoms with Gasteiger partial charge in [-0.1, -0.05) is 13.8 Å². The van der Waals surface area contributed by atoms with E-state index in [1.807, 2.05) is 0 Å². The van der Waals surface area contributed by atoms with E-state index in [2.05, 4.69) is 30.7 Å². The summed E-state index contributed by atoms with van der Waals surface area (Å²) in [4.78, 5) is 5.34. The van der Waals surface area contributed by atoms with Crippen molar-refractivity contribution in [2.75, 3.05) is 26.7 Å². The van der Waals surface area contributed by atoms with Gasteiger partial charge >= 0.3 is 0 Å². The molecule has 0 atom stereocenters. The summed E-state index contributed by atoms with van der Waals surface area (Å²) in [6, 6.07) is 1.83. The minimum Gasteiger partial charge on any atom is -0.302 e. The monoisotopic (exact) mass is 236 g/mol. The van der Waals surface area contributed by atoms with Crippen LogP contribution in [0.15, 0.2) is 0 Å². The van der Waals surface area contributed by atoms with Gasteiger partial charge in [0.15, 0.2) is 0 Å². The second-order valence-corrected chi connectivity index (χ2v) is 7.17. The zero-order chi connectivity index (χ0) is 12.0. The smallest absolute Gasteiger partial charge is 0.0108 e. The normalized spacial score (nSPS) is 36.7. The molecule has 1 spiro atoms. The van der Waals surface area contributed by atoms with Crippen LogP contribution < -0.4 is 0 Å². The Morgan fingerprint density at radius 3 is 2.35 bits per heavy atom. The zero-order valence-electron chi connectivity index (χ0n) is 11.8. The molecular weight excluding hydrogens is 208 g/mol. The first-order valence-corrected chi connectivity index (χ1v) is 7.56. The van der Waals surface area contributed by atoms with E-state index >= 15 is 0 Å². The average Bonchev–Trinajstić information content (AvgIpc) is 2.14. The number of hydrogen-bond donors (Lipinski definition) is 0. The summed E-state index contributed by atoms with van der Waals surface area (Å²) in [5, 5.41) is 0. The largest absolute Gasteiger partial charge is 0.302 e. The molecule has 2 aliphatic carbocycles. The van der Waals surface area contributed by atoms with E-state index in [1.54, 1.807) is 0 Å². The second kappa shape index (κ2) is 4.24. The number of rotatable bonds is 4. The molecule has 0 aromatic heterocycles. The molecule has 1 heterocycles. The van der Waals surface area contributed by atoms with Crippen molar-refractivity contribution in [2.24, 2.45) is 11.3 Å². The van der Waals surface area contributed by atoms with Gasteiger partial charge in [0.2, 0.25) is 0 Å². The van der Waals surface area contributed by atoms with E-state index in [0.29, 0.717) is 0 Å². The Morgan fingerprint density at radius 2 is 1.82 bits per heavy atom. The van der Waals surface area contributed by atoms with Crippen LogP contribution in [0, 0.1) is 11.3 Å². The first-order valence-electron chi connectivity index (χ1n) is 7.56. The summed E-state index contributed by atoms with van der Waals surface area (Å²) in [6.45, 7) is 8.79. The van der Waals surface area contributed by atoms with E-state index in [1.165, 1.54) is 51.7 Å². The van der Waals surface area contributed by atoms with Crippen molar-refractivity contribution in [1.82, 2.24) is 9.80 Å². The average molecular weight is 236 g/mol. The molecule has 2 heteroatoms. The Hall–Kier alpha value is -0.0800. The minimum atomic E-state index is 0.753. The van der Waals surface area contributed by atoms with Crippen molar-refractivity contribution in [3.63, 3.8) is 0 Å². The van der Waals surface area contributed by atoms with Crippen LogP contribution in [0.25, 0.3) is 0 Å². The molecule has 3 rings (SSSR count). The fourth-order valence-corrected chi connectivity index (χ4v) is 4.35. The molecule has 0 aromatic carbocycles. The lowest BCUT2D eigenvalue weighted by atomic mass is 9.59. The SMILES string of the molecule is CCCN1CC2(CC(N(C)[C@H]3C[C@H](C)C3)C2)C1. The predicted octanol–water partition coefficient (Wildman–Crippen LogP) is 2.59. The second-order valence-electron chi connectivity index (χ2n) is 7.17. The van der Waals surface area contributed by atoms with Gasteiger partial charge in [-0.2, -0.15) is 0 Å². The zero-order valence-corrected chi connectivity index (χ0v) is 11.8. The molecule has 0 aromatic rings. The quantitative estimate of drug-likeness (QED) is 0.740. The fraction of sp³-hybridized carbons (Fsp3) is 1.00. The summed E-state index contributed by atoms with van der Waals surface area (Å²) in [7, 11) is 2.37. The molecule has 3 aliphatic rings. The van der Waals surface area contributed by atoms with Crippen molar-refractivity contribution < 1.29 is 0 Å². The molecule has 98 valence electrons. The van der Waals surface area contributed by atoms with Crippen LogP contribution >= 0.6 is 0 Å². The summed E-state index contributed by atoms with van der Waals surface area (Å²) >= 11 is 0. The van der Waals surface area contributed by atoms with Crippen molar-refractivity contribution in [2.45, 2.75) is 58.0 Å². The highest BCUT2D eigenvalue weighted by molar-refractivity contribution is 5.08. The third-order valence-corrected chi connectivity index (χ3v) is 5.50. The van der Waals surface area contributed by atoms with Gasteiger partial charge in [-0.3, -0.25) is 0 Å². The number of likely N-dealkylation sites (tertiary alicyclic amines) is 1. The lowest BCUT2D eigenvalue weighted by Crippen LogP contribution is -2.67. The molecule has 3 fully saturated rings. The number of hydrogen-bond acceptors (Lipinski definition) is 2.